The highest BCUT2D eigenvalue weighted by Crippen LogP contribution is 2.43. The number of thiophene rings is 1. The number of carbonyl (C=O) groups is 1. The number of hydrogen-bond donors (Lipinski definition) is 2. The molecule has 0 saturated carbocycles. The maximum atomic E-state index is 13.6. The van der Waals surface area contributed by atoms with E-state index in [1.165, 1.54) is 36.9 Å². The maximum absolute atomic E-state index is 13.6. The Morgan fingerprint density at radius 3 is 2.30 bits per heavy atom. The fourth-order valence-electron chi connectivity index (χ4n) is 4.11. The molecular weight excluding hydrogens is 491 g/mol. The topological polar surface area (TPSA) is 85.4 Å². The summed E-state index contributed by atoms with van der Waals surface area (Å²) < 4.78 is 24.8. The molecule has 7 nitrogen and oxygen atoms in total. The molecule has 0 radical (unpaired) electrons. The third-order valence-corrected chi connectivity index (χ3v) is 6.87. The predicted octanol–water partition coefficient (Wildman–Crippen LogP) is 6.82. The minimum absolute atomic E-state index is 0.267. The molecule has 0 atom stereocenters. The van der Waals surface area contributed by atoms with Crippen molar-refractivity contribution in [2.24, 2.45) is 0 Å². The Morgan fingerprint density at radius 2 is 1.59 bits per heavy atom. The van der Waals surface area contributed by atoms with Gasteiger partial charge in [-0.05, 0) is 36.8 Å². The van der Waals surface area contributed by atoms with Gasteiger partial charge in [0, 0.05) is 28.1 Å². The first kappa shape index (κ1) is 24.2. The number of hydrogen-bond acceptors (Lipinski definition) is 7. The maximum Gasteiger partial charge on any atom is 0.255 e. The Hall–Kier alpha value is -4.50. The molecule has 0 aliphatic carbocycles. The van der Waals surface area contributed by atoms with E-state index in [0.717, 1.165) is 26.2 Å². The summed E-state index contributed by atoms with van der Waals surface area (Å²) in [5.41, 5.74) is 3.37. The number of ether oxygens (including phenoxy) is 2. The van der Waals surface area contributed by atoms with Crippen LogP contribution in [0.4, 0.5) is 21.6 Å². The van der Waals surface area contributed by atoms with Crippen LogP contribution < -0.4 is 20.1 Å². The van der Waals surface area contributed by atoms with Gasteiger partial charge in [-0.3, -0.25) is 4.79 Å². The SMILES string of the molecule is COc1cc(Nc2ncnc3sc(C)c(-c4ccc(F)cc4)c23)c(OC)cc1NC(=O)c1ccccc1. The van der Waals surface area contributed by atoms with Crippen LogP contribution >= 0.6 is 11.3 Å². The number of rotatable bonds is 7. The Balaban J connectivity index is 1.55. The second kappa shape index (κ2) is 10.2. The molecule has 0 saturated heterocycles. The van der Waals surface area contributed by atoms with E-state index in [2.05, 4.69) is 20.6 Å². The number of amides is 1. The van der Waals surface area contributed by atoms with Gasteiger partial charge in [-0.25, -0.2) is 14.4 Å². The van der Waals surface area contributed by atoms with E-state index in [1.54, 1.807) is 55.6 Å². The minimum atomic E-state index is -0.299. The third kappa shape index (κ3) is 4.81. The van der Waals surface area contributed by atoms with E-state index < -0.39 is 0 Å². The molecule has 9 heteroatoms. The lowest BCUT2D eigenvalue weighted by atomic mass is 10.0. The lowest BCUT2D eigenvalue weighted by Gasteiger charge is -2.17. The van der Waals surface area contributed by atoms with E-state index in [1.807, 2.05) is 13.0 Å². The number of carbonyl (C=O) groups excluding carboxylic acids is 1. The average Bonchev–Trinajstić information content (AvgIpc) is 3.26. The summed E-state index contributed by atoms with van der Waals surface area (Å²) in [6.07, 6.45) is 1.49. The number of methoxy groups -OCH3 is 2. The molecule has 2 aromatic heterocycles. The van der Waals surface area contributed by atoms with Gasteiger partial charge in [-0.2, -0.15) is 0 Å². The number of aryl methyl sites for hydroxylation is 1. The van der Waals surface area contributed by atoms with Crippen LogP contribution in [0.2, 0.25) is 0 Å². The highest BCUT2D eigenvalue weighted by Gasteiger charge is 2.20. The second-order valence-electron chi connectivity index (χ2n) is 8.14. The third-order valence-electron chi connectivity index (χ3n) is 5.86. The predicted molar refractivity (Wildman–Crippen MR) is 145 cm³/mol. The van der Waals surface area contributed by atoms with Crippen molar-refractivity contribution >= 4 is 44.7 Å². The fourth-order valence-corrected chi connectivity index (χ4v) is 5.12. The Labute approximate surface area is 216 Å². The molecule has 0 fully saturated rings. The van der Waals surface area contributed by atoms with Gasteiger partial charge < -0.3 is 20.1 Å². The van der Waals surface area contributed by atoms with Crippen molar-refractivity contribution < 1.29 is 18.7 Å². The quantitative estimate of drug-likeness (QED) is 0.248. The van der Waals surface area contributed by atoms with Crippen LogP contribution in [0.1, 0.15) is 15.2 Å². The largest absolute Gasteiger partial charge is 0.494 e. The Kier molecular flexibility index (Phi) is 6.70. The number of benzene rings is 3. The molecule has 37 heavy (non-hydrogen) atoms. The molecule has 3 aromatic carbocycles. The van der Waals surface area contributed by atoms with Crippen molar-refractivity contribution in [3.63, 3.8) is 0 Å². The minimum Gasteiger partial charge on any atom is -0.494 e. The molecule has 0 bridgehead atoms. The Bertz CT molecular complexity index is 1590. The number of nitrogens with zero attached hydrogens (tertiary/aromatic N) is 2. The van der Waals surface area contributed by atoms with E-state index in [9.17, 15) is 9.18 Å². The number of aromatic nitrogens is 2. The zero-order chi connectivity index (χ0) is 25.9. The summed E-state index contributed by atoms with van der Waals surface area (Å²) in [5.74, 6) is 0.920. The summed E-state index contributed by atoms with van der Waals surface area (Å²) in [6, 6.07) is 18.7. The van der Waals surface area contributed by atoms with Gasteiger partial charge in [0.05, 0.1) is 31.0 Å². The molecule has 0 aliphatic rings. The molecule has 5 rings (SSSR count). The lowest BCUT2D eigenvalue weighted by Crippen LogP contribution is -2.13. The van der Waals surface area contributed by atoms with Crippen molar-refractivity contribution in [2.75, 3.05) is 24.9 Å². The van der Waals surface area contributed by atoms with E-state index >= 15 is 0 Å². The first-order chi connectivity index (χ1) is 18.0. The van der Waals surface area contributed by atoms with Gasteiger partial charge in [-0.1, -0.05) is 30.3 Å². The van der Waals surface area contributed by atoms with Crippen molar-refractivity contribution in [3.05, 3.63) is 89.3 Å². The zero-order valence-corrected chi connectivity index (χ0v) is 21.2. The van der Waals surface area contributed by atoms with Gasteiger partial charge in [-0.15, -0.1) is 11.3 Å². The van der Waals surface area contributed by atoms with Gasteiger partial charge in [0.25, 0.3) is 5.91 Å². The van der Waals surface area contributed by atoms with Crippen molar-refractivity contribution in [1.82, 2.24) is 9.97 Å². The van der Waals surface area contributed by atoms with E-state index in [4.69, 9.17) is 9.47 Å². The number of nitrogens with one attached hydrogen (secondary N) is 2. The smallest absolute Gasteiger partial charge is 0.255 e. The van der Waals surface area contributed by atoms with Crippen LogP contribution in [0.15, 0.2) is 73.1 Å². The number of halogens is 1. The molecule has 186 valence electrons. The molecule has 5 aromatic rings. The summed E-state index contributed by atoms with van der Waals surface area (Å²) >= 11 is 1.54. The normalized spacial score (nSPS) is 10.8. The van der Waals surface area contributed by atoms with Gasteiger partial charge in [0.2, 0.25) is 0 Å². The molecule has 0 unspecified atom stereocenters. The monoisotopic (exact) mass is 514 g/mol. The van der Waals surface area contributed by atoms with Crippen LogP contribution in [0, 0.1) is 12.7 Å². The fraction of sp³-hybridized carbons (Fsp3) is 0.107. The van der Waals surface area contributed by atoms with Gasteiger partial charge in [0.15, 0.2) is 0 Å². The standard InChI is InChI=1S/C28H23FN4O3S/c1-16-24(17-9-11-19(29)12-10-17)25-26(30-15-31-28(25)37-16)32-20-13-23(36-3)21(14-22(20)35-2)33-27(34)18-7-5-4-6-8-18/h4-15H,1-3H3,(H,33,34)(H,30,31,32). The van der Waals surface area contributed by atoms with E-state index in [0.29, 0.717) is 34.3 Å². The van der Waals surface area contributed by atoms with Crippen LogP contribution in [-0.2, 0) is 0 Å². The highest BCUT2D eigenvalue weighted by atomic mass is 32.1. The molecule has 0 aliphatic heterocycles. The van der Waals surface area contributed by atoms with Crippen LogP contribution in [0.25, 0.3) is 21.3 Å². The van der Waals surface area contributed by atoms with E-state index in [-0.39, 0.29) is 11.7 Å². The Morgan fingerprint density at radius 1 is 0.919 bits per heavy atom. The first-order valence-corrected chi connectivity index (χ1v) is 12.2. The molecule has 2 heterocycles. The van der Waals surface area contributed by atoms with Gasteiger partial charge in [0.1, 0.15) is 34.3 Å². The summed E-state index contributed by atoms with van der Waals surface area (Å²) in [6.45, 7) is 2.00. The summed E-state index contributed by atoms with van der Waals surface area (Å²) in [4.78, 5) is 23.5. The first-order valence-electron chi connectivity index (χ1n) is 11.4. The zero-order valence-electron chi connectivity index (χ0n) is 20.3. The van der Waals surface area contributed by atoms with Crippen LogP contribution in [0.3, 0.4) is 0 Å². The summed E-state index contributed by atoms with van der Waals surface area (Å²) in [5, 5.41) is 7.06. The lowest BCUT2D eigenvalue weighted by molar-refractivity contribution is 0.102. The van der Waals surface area contributed by atoms with Crippen LogP contribution in [0.5, 0.6) is 11.5 Å². The van der Waals surface area contributed by atoms with Crippen molar-refractivity contribution in [3.8, 4) is 22.6 Å². The summed E-state index contributed by atoms with van der Waals surface area (Å²) in [7, 11) is 3.07. The van der Waals surface area contributed by atoms with Gasteiger partial charge >= 0.3 is 0 Å². The van der Waals surface area contributed by atoms with Crippen molar-refractivity contribution in [2.45, 2.75) is 6.92 Å². The molecule has 0 spiro atoms. The second-order valence-corrected chi connectivity index (χ2v) is 9.34. The highest BCUT2D eigenvalue weighted by molar-refractivity contribution is 7.19. The number of fused-ring (bicyclic) bond motifs is 1. The molecular formula is C28H23FN4O3S. The number of anilines is 3. The van der Waals surface area contributed by atoms with Crippen molar-refractivity contribution in [1.29, 1.82) is 0 Å². The molecule has 2 N–H and O–H groups in total. The average molecular weight is 515 g/mol. The molecule has 1 amide bonds. The van der Waals surface area contributed by atoms with Crippen LogP contribution in [-0.4, -0.2) is 30.1 Å².